The van der Waals surface area contributed by atoms with Gasteiger partial charge in [-0.05, 0) is 51.7 Å². The van der Waals surface area contributed by atoms with Gasteiger partial charge in [0.2, 0.25) is 0 Å². The van der Waals surface area contributed by atoms with Gasteiger partial charge in [-0.2, -0.15) is 0 Å². The molecule has 1 amide bonds. The molecule has 0 aromatic heterocycles. The summed E-state index contributed by atoms with van der Waals surface area (Å²) in [5.74, 6) is -1.57. The molecule has 0 aromatic rings. The van der Waals surface area contributed by atoms with Gasteiger partial charge in [0.1, 0.15) is 11.7 Å². The average molecular weight is 665 g/mol. The van der Waals surface area contributed by atoms with Crippen LogP contribution in [-0.4, -0.2) is 112 Å². The van der Waals surface area contributed by atoms with Crippen molar-refractivity contribution in [3.05, 3.63) is 36.0 Å². The van der Waals surface area contributed by atoms with Crippen molar-refractivity contribution < 1.29 is 48.7 Å². The minimum atomic E-state index is -1.30. The van der Waals surface area contributed by atoms with E-state index in [1.807, 2.05) is 27.7 Å². The lowest BCUT2D eigenvalue weighted by Crippen LogP contribution is -2.51. The minimum absolute atomic E-state index is 0.0205. The Morgan fingerprint density at radius 1 is 1.26 bits per heavy atom. The van der Waals surface area contributed by atoms with Crippen molar-refractivity contribution in [2.75, 3.05) is 26.2 Å². The van der Waals surface area contributed by atoms with E-state index in [0.29, 0.717) is 44.6 Å². The number of amides is 1. The molecule has 3 aliphatic heterocycles. The normalized spacial score (nSPS) is 34.2. The highest BCUT2D eigenvalue weighted by Crippen LogP contribution is 2.37. The van der Waals surface area contributed by atoms with Gasteiger partial charge in [-0.1, -0.05) is 45.1 Å². The SMILES string of the molecule is CC[C@H](O)[C@@H](C)[C@H]1O[C@@H]1C[C@@](C)(O)/C=C/C=C(\C)C1OC(=O)C[C@H](O)CC[C@@](C)(OC(C)=O)[C@@H](OC(=O)N2CCNCC2)/C=C/[C@@H]1C. The van der Waals surface area contributed by atoms with E-state index in [1.165, 1.54) is 6.92 Å². The first-order valence-electron chi connectivity index (χ1n) is 16.9. The molecule has 0 saturated carbocycles. The number of aliphatic hydroxyl groups is 3. The van der Waals surface area contributed by atoms with Crippen LogP contribution < -0.4 is 5.32 Å². The first-order valence-corrected chi connectivity index (χ1v) is 16.9. The molecule has 1 unspecified atom stereocenters. The number of nitrogens with one attached hydrogen (secondary N) is 1. The summed E-state index contributed by atoms with van der Waals surface area (Å²) in [6.07, 6.45) is 5.54. The standard InChI is InChI=1S/C35H56N2O10/c1-8-27(40)24(4)32-28(44-32)21-34(6,43)14-9-10-22(2)31-23(3)11-12-29(45-33(42)37-18-16-36-17-19-37)35(7,47-25(5)38)15-13-26(39)20-30(41)46-31/h9-12,14,23-24,26-29,31-32,36,39-40,43H,8,13,15-21H2,1-7H3/b12-11+,14-9+,22-10+/t23-,24+,26+,27-,28+,29-,31?,32+,34-,35+/m0/s1. The van der Waals surface area contributed by atoms with Gasteiger partial charge in [0.25, 0.3) is 0 Å². The number of carbonyl (C=O) groups is 3. The maximum atomic E-state index is 13.2. The maximum absolute atomic E-state index is 13.2. The summed E-state index contributed by atoms with van der Waals surface area (Å²) >= 11 is 0. The summed E-state index contributed by atoms with van der Waals surface area (Å²) in [7, 11) is 0. The van der Waals surface area contributed by atoms with Crippen molar-refractivity contribution in [2.45, 2.75) is 128 Å². The van der Waals surface area contributed by atoms with Crippen LogP contribution in [-0.2, 0) is 28.5 Å². The van der Waals surface area contributed by atoms with Crippen LogP contribution in [0.5, 0.6) is 0 Å². The zero-order chi connectivity index (χ0) is 34.9. The molecule has 12 nitrogen and oxygen atoms in total. The second-order valence-electron chi connectivity index (χ2n) is 13.8. The molecule has 266 valence electrons. The third kappa shape index (κ3) is 11.7. The van der Waals surface area contributed by atoms with Crippen molar-refractivity contribution in [1.29, 1.82) is 0 Å². The molecule has 0 radical (unpaired) electrons. The number of carbonyl (C=O) groups excluding carboxylic acids is 3. The Kier molecular flexibility index (Phi) is 14.0. The molecule has 0 aliphatic carbocycles. The molecule has 4 N–H and O–H groups in total. The number of rotatable bonds is 10. The highest BCUT2D eigenvalue weighted by molar-refractivity contribution is 5.71. The molecular weight excluding hydrogens is 608 g/mol. The van der Waals surface area contributed by atoms with E-state index in [1.54, 1.807) is 49.1 Å². The van der Waals surface area contributed by atoms with Crippen molar-refractivity contribution in [2.24, 2.45) is 11.8 Å². The molecule has 2 fully saturated rings. The summed E-state index contributed by atoms with van der Waals surface area (Å²) in [5, 5.41) is 35.1. The number of cyclic esters (lactones) is 1. The topological polar surface area (TPSA) is 167 Å². The van der Waals surface area contributed by atoms with Gasteiger partial charge >= 0.3 is 18.0 Å². The molecule has 2 saturated heterocycles. The molecule has 12 heteroatoms. The van der Waals surface area contributed by atoms with Crippen LogP contribution in [0.1, 0.15) is 80.6 Å². The number of aliphatic hydroxyl groups excluding tert-OH is 2. The van der Waals surface area contributed by atoms with Gasteiger partial charge in [0.05, 0.1) is 36.4 Å². The number of hydrogen-bond acceptors (Lipinski definition) is 11. The van der Waals surface area contributed by atoms with E-state index in [2.05, 4.69) is 5.32 Å². The van der Waals surface area contributed by atoms with E-state index in [4.69, 9.17) is 18.9 Å². The first kappa shape index (κ1) is 38.7. The van der Waals surface area contributed by atoms with E-state index >= 15 is 0 Å². The second-order valence-corrected chi connectivity index (χ2v) is 13.8. The van der Waals surface area contributed by atoms with Gasteiger partial charge in [-0.15, -0.1) is 0 Å². The summed E-state index contributed by atoms with van der Waals surface area (Å²) in [4.78, 5) is 39.9. The number of ether oxygens (including phenoxy) is 4. The molecule has 10 atom stereocenters. The summed E-state index contributed by atoms with van der Waals surface area (Å²) in [6.45, 7) is 14.4. The minimum Gasteiger partial charge on any atom is -0.457 e. The molecule has 3 rings (SSSR count). The van der Waals surface area contributed by atoms with Gasteiger partial charge < -0.3 is 44.5 Å². The Hall–Kier alpha value is -2.77. The Morgan fingerprint density at radius 2 is 1.94 bits per heavy atom. The third-order valence-corrected chi connectivity index (χ3v) is 9.33. The van der Waals surface area contributed by atoms with Crippen LogP contribution >= 0.6 is 0 Å². The van der Waals surface area contributed by atoms with E-state index in [-0.39, 0.29) is 37.4 Å². The number of esters is 2. The molecule has 3 heterocycles. The van der Waals surface area contributed by atoms with Crippen molar-refractivity contribution in [3.63, 3.8) is 0 Å². The Balaban J connectivity index is 1.82. The fraction of sp³-hybridized carbons (Fsp3) is 0.743. The number of epoxide rings is 1. The lowest BCUT2D eigenvalue weighted by Gasteiger charge is -2.37. The molecular formula is C35H56N2O10. The molecule has 3 aliphatic rings. The predicted molar refractivity (Wildman–Crippen MR) is 175 cm³/mol. The maximum Gasteiger partial charge on any atom is 0.410 e. The Morgan fingerprint density at radius 3 is 2.57 bits per heavy atom. The molecule has 47 heavy (non-hydrogen) atoms. The third-order valence-electron chi connectivity index (χ3n) is 9.33. The lowest BCUT2D eigenvalue weighted by molar-refractivity contribution is -0.168. The molecule has 0 spiro atoms. The van der Waals surface area contributed by atoms with Crippen molar-refractivity contribution in [1.82, 2.24) is 10.2 Å². The fourth-order valence-electron chi connectivity index (χ4n) is 6.26. The second kappa shape index (κ2) is 17.1. The van der Waals surface area contributed by atoms with E-state index in [9.17, 15) is 29.7 Å². The smallest absolute Gasteiger partial charge is 0.410 e. The van der Waals surface area contributed by atoms with Gasteiger partial charge in [-0.3, -0.25) is 9.59 Å². The number of hydrogen-bond donors (Lipinski definition) is 4. The fourth-order valence-corrected chi connectivity index (χ4v) is 6.26. The van der Waals surface area contributed by atoms with Gasteiger partial charge in [0, 0.05) is 51.4 Å². The Bertz CT molecular complexity index is 1160. The summed E-state index contributed by atoms with van der Waals surface area (Å²) in [6, 6.07) is 0. The zero-order valence-corrected chi connectivity index (χ0v) is 29.0. The van der Waals surface area contributed by atoms with Crippen LogP contribution in [0.3, 0.4) is 0 Å². The first-order chi connectivity index (χ1) is 22.0. The average Bonchev–Trinajstić information content (AvgIpc) is 3.77. The van der Waals surface area contributed by atoms with Crippen molar-refractivity contribution >= 4 is 18.0 Å². The summed E-state index contributed by atoms with van der Waals surface area (Å²) in [5.41, 5.74) is -1.79. The largest absolute Gasteiger partial charge is 0.457 e. The van der Waals surface area contributed by atoms with Crippen LogP contribution in [0.4, 0.5) is 4.79 Å². The quantitative estimate of drug-likeness (QED) is 0.0891. The lowest BCUT2D eigenvalue weighted by atomic mass is 9.88. The van der Waals surface area contributed by atoms with Crippen LogP contribution in [0.25, 0.3) is 0 Å². The molecule has 0 aromatic carbocycles. The van der Waals surface area contributed by atoms with E-state index in [0.717, 1.165) is 0 Å². The van der Waals surface area contributed by atoms with Gasteiger partial charge in [0.15, 0.2) is 6.10 Å². The predicted octanol–water partition coefficient (Wildman–Crippen LogP) is 3.19. The summed E-state index contributed by atoms with van der Waals surface area (Å²) < 4.78 is 23.3. The van der Waals surface area contributed by atoms with E-state index < -0.39 is 59.6 Å². The van der Waals surface area contributed by atoms with Crippen LogP contribution in [0, 0.1) is 11.8 Å². The number of allylic oxidation sites excluding steroid dienone is 2. The zero-order valence-electron chi connectivity index (χ0n) is 29.0. The Labute approximate surface area is 279 Å². The number of nitrogens with zero attached hydrogens (tertiary/aromatic N) is 1. The van der Waals surface area contributed by atoms with Crippen LogP contribution in [0.2, 0.25) is 0 Å². The molecule has 0 bridgehead atoms. The highest BCUT2D eigenvalue weighted by Gasteiger charge is 2.47. The number of piperazine rings is 1. The van der Waals surface area contributed by atoms with Crippen LogP contribution in [0.15, 0.2) is 36.0 Å². The highest BCUT2D eigenvalue weighted by atomic mass is 16.6. The monoisotopic (exact) mass is 664 g/mol. The van der Waals surface area contributed by atoms with Crippen molar-refractivity contribution in [3.8, 4) is 0 Å². The van der Waals surface area contributed by atoms with Gasteiger partial charge in [-0.25, -0.2) is 4.79 Å².